The van der Waals surface area contributed by atoms with Crippen molar-refractivity contribution < 1.29 is 14.4 Å². The van der Waals surface area contributed by atoms with E-state index in [4.69, 9.17) is 0 Å². The number of benzene rings is 1. The maximum atomic E-state index is 12.6. The molecule has 6 nitrogen and oxygen atoms in total. The summed E-state index contributed by atoms with van der Waals surface area (Å²) >= 11 is 1.45. The fourth-order valence-electron chi connectivity index (χ4n) is 3.40. The Kier molecular flexibility index (Phi) is 4.77. The van der Waals surface area contributed by atoms with Crippen molar-refractivity contribution in [3.05, 3.63) is 64.5 Å². The van der Waals surface area contributed by atoms with Crippen molar-refractivity contribution in [3.8, 4) is 0 Å². The molecule has 0 atom stereocenters. The fourth-order valence-corrected chi connectivity index (χ4v) is 4.09. The molecule has 3 heterocycles. The molecule has 1 fully saturated rings. The van der Waals surface area contributed by atoms with Gasteiger partial charge in [-0.25, -0.2) is 4.90 Å². The van der Waals surface area contributed by atoms with Crippen LogP contribution in [0.5, 0.6) is 0 Å². The number of nitrogens with one attached hydrogen (secondary N) is 1. The van der Waals surface area contributed by atoms with E-state index in [1.807, 2.05) is 28.5 Å². The van der Waals surface area contributed by atoms with Crippen molar-refractivity contribution in [2.24, 2.45) is 0 Å². The van der Waals surface area contributed by atoms with E-state index in [-0.39, 0.29) is 23.8 Å². The molecule has 1 aromatic carbocycles. The molecule has 2 aliphatic rings. The van der Waals surface area contributed by atoms with Gasteiger partial charge < -0.3 is 10.2 Å². The highest BCUT2D eigenvalue weighted by atomic mass is 32.1. The number of para-hydroxylation sites is 1. The molecule has 0 spiro atoms. The summed E-state index contributed by atoms with van der Waals surface area (Å²) in [5.74, 6) is -0.604. The second-order valence-electron chi connectivity index (χ2n) is 6.56. The third kappa shape index (κ3) is 3.50. The number of hydrogen-bond donors (Lipinski definition) is 1. The van der Waals surface area contributed by atoms with Crippen molar-refractivity contribution >= 4 is 34.7 Å². The quantitative estimate of drug-likeness (QED) is 0.826. The molecule has 3 amide bonds. The fraction of sp³-hybridized carbons (Fsp3) is 0.250. The van der Waals surface area contributed by atoms with Crippen LogP contribution in [0.4, 0.5) is 5.69 Å². The number of amides is 3. The monoisotopic (exact) mass is 381 g/mol. The highest BCUT2D eigenvalue weighted by molar-refractivity contribution is 7.12. The summed E-state index contributed by atoms with van der Waals surface area (Å²) in [5, 5.41) is 5.10. The topological polar surface area (TPSA) is 69.7 Å². The lowest BCUT2D eigenvalue weighted by molar-refractivity contribution is -0.120. The van der Waals surface area contributed by atoms with Gasteiger partial charge >= 0.3 is 0 Å². The molecule has 0 unspecified atom stereocenters. The van der Waals surface area contributed by atoms with Crippen LogP contribution in [0.25, 0.3) is 0 Å². The van der Waals surface area contributed by atoms with Crippen LogP contribution >= 0.6 is 11.3 Å². The van der Waals surface area contributed by atoms with Gasteiger partial charge in [0, 0.05) is 25.2 Å². The van der Waals surface area contributed by atoms with Gasteiger partial charge in [0.25, 0.3) is 17.7 Å². The smallest absolute Gasteiger partial charge is 0.281 e. The zero-order valence-electron chi connectivity index (χ0n) is 14.6. The Morgan fingerprint density at radius 3 is 2.44 bits per heavy atom. The number of nitrogens with zero attached hydrogens (tertiary/aromatic N) is 2. The van der Waals surface area contributed by atoms with Crippen molar-refractivity contribution in [1.82, 2.24) is 10.2 Å². The van der Waals surface area contributed by atoms with E-state index in [1.54, 1.807) is 24.3 Å². The SMILES string of the molecule is O=C(c1cccs1)N1CCC(NC2=CC(=O)N(c3ccccc3)C2=O)CC1. The summed E-state index contributed by atoms with van der Waals surface area (Å²) in [6.45, 7) is 1.26. The number of likely N-dealkylation sites (tertiary alicyclic amines) is 1. The lowest BCUT2D eigenvalue weighted by atomic mass is 10.0. The van der Waals surface area contributed by atoms with Crippen LogP contribution in [0, 0.1) is 0 Å². The molecule has 0 radical (unpaired) electrons. The molecule has 0 aliphatic carbocycles. The largest absolute Gasteiger partial charge is 0.378 e. The van der Waals surface area contributed by atoms with Crippen LogP contribution in [0.2, 0.25) is 0 Å². The maximum Gasteiger partial charge on any atom is 0.281 e. The molecule has 2 aromatic rings. The Balaban J connectivity index is 1.36. The molecule has 138 valence electrons. The Bertz CT molecular complexity index is 884. The average molecular weight is 381 g/mol. The molecular formula is C20H19N3O3S. The third-order valence-electron chi connectivity index (χ3n) is 4.81. The first kappa shape index (κ1) is 17.5. The second-order valence-corrected chi connectivity index (χ2v) is 7.51. The van der Waals surface area contributed by atoms with Gasteiger partial charge in [0.05, 0.1) is 10.6 Å². The van der Waals surface area contributed by atoms with Crippen molar-refractivity contribution in [1.29, 1.82) is 0 Å². The van der Waals surface area contributed by atoms with Gasteiger partial charge in [-0.3, -0.25) is 14.4 Å². The van der Waals surface area contributed by atoms with Crippen molar-refractivity contribution in [2.45, 2.75) is 18.9 Å². The van der Waals surface area contributed by atoms with Gasteiger partial charge in [-0.15, -0.1) is 11.3 Å². The van der Waals surface area contributed by atoms with Gasteiger partial charge in [-0.05, 0) is 36.4 Å². The number of carbonyl (C=O) groups excluding carboxylic acids is 3. The van der Waals surface area contributed by atoms with Gasteiger partial charge in [-0.2, -0.15) is 0 Å². The zero-order valence-corrected chi connectivity index (χ0v) is 15.4. The summed E-state index contributed by atoms with van der Waals surface area (Å²) in [5.41, 5.74) is 0.892. The molecule has 7 heteroatoms. The zero-order chi connectivity index (χ0) is 18.8. The minimum Gasteiger partial charge on any atom is -0.378 e. The van der Waals surface area contributed by atoms with Crippen LogP contribution in [0.1, 0.15) is 22.5 Å². The van der Waals surface area contributed by atoms with Crippen LogP contribution in [-0.2, 0) is 9.59 Å². The highest BCUT2D eigenvalue weighted by Crippen LogP contribution is 2.23. The third-order valence-corrected chi connectivity index (χ3v) is 5.67. The first-order valence-corrected chi connectivity index (χ1v) is 9.76. The van der Waals surface area contributed by atoms with Gasteiger partial charge in [0.1, 0.15) is 5.70 Å². The predicted octanol–water partition coefficient (Wildman–Crippen LogP) is 2.40. The minimum atomic E-state index is -0.334. The van der Waals surface area contributed by atoms with Gasteiger partial charge in [-0.1, -0.05) is 24.3 Å². The first-order valence-electron chi connectivity index (χ1n) is 8.88. The lowest BCUT2D eigenvalue weighted by Crippen LogP contribution is -2.45. The number of imide groups is 1. The number of carbonyl (C=O) groups is 3. The summed E-state index contributed by atoms with van der Waals surface area (Å²) in [4.78, 5) is 41.1. The van der Waals surface area contributed by atoms with E-state index < -0.39 is 0 Å². The van der Waals surface area contributed by atoms with E-state index >= 15 is 0 Å². The summed E-state index contributed by atoms with van der Waals surface area (Å²) in [6, 6.07) is 12.7. The standard InChI is InChI=1S/C20H19N3O3S/c24-18-13-16(19(25)23(18)15-5-2-1-3-6-15)21-14-8-10-22(11-9-14)20(26)17-7-4-12-27-17/h1-7,12-14,21H,8-11H2. The van der Waals surface area contributed by atoms with Gasteiger partial charge in [0.2, 0.25) is 0 Å². The Hall–Kier alpha value is -2.93. The lowest BCUT2D eigenvalue weighted by Gasteiger charge is -2.32. The van der Waals surface area contributed by atoms with E-state index in [0.717, 1.165) is 17.7 Å². The van der Waals surface area contributed by atoms with Crippen LogP contribution in [-0.4, -0.2) is 41.8 Å². The van der Waals surface area contributed by atoms with E-state index in [0.29, 0.717) is 24.5 Å². The molecule has 1 aromatic heterocycles. The molecule has 27 heavy (non-hydrogen) atoms. The molecular weight excluding hydrogens is 362 g/mol. The molecule has 0 bridgehead atoms. The van der Waals surface area contributed by atoms with E-state index in [1.165, 1.54) is 22.3 Å². The highest BCUT2D eigenvalue weighted by Gasteiger charge is 2.34. The average Bonchev–Trinajstić information content (AvgIpc) is 3.31. The number of anilines is 1. The molecule has 1 saturated heterocycles. The second kappa shape index (κ2) is 7.36. The van der Waals surface area contributed by atoms with Crippen molar-refractivity contribution in [2.75, 3.05) is 18.0 Å². The Morgan fingerprint density at radius 1 is 1.04 bits per heavy atom. The van der Waals surface area contributed by atoms with Crippen molar-refractivity contribution in [3.63, 3.8) is 0 Å². The van der Waals surface area contributed by atoms with Crippen LogP contribution in [0.15, 0.2) is 59.6 Å². The molecule has 0 saturated carbocycles. The van der Waals surface area contributed by atoms with Crippen LogP contribution < -0.4 is 10.2 Å². The summed E-state index contributed by atoms with van der Waals surface area (Å²) in [6.07, 6.45) is 2.83. The van der Waals surface area contributed by atoms with E-state index in [2.05, 4.69) is 5.32 Å². The number of piperidine rings is 1. The molecule has 2 aliphatic heterocycles. The predicted molar refractivity (Wildman–Crippen MR) is 103 cm³/mol. The number of hydrogen-bond acceptors (Lipinski definition) is 5. The minimum absolute atomic E-state index is 0.0602. The summed E-state index contributed by atoms with van der Waals surface area (Å²) < 4.78 is 0. The maximum absolute atomic E-state index is 12.6. The molecule has 1 N–H and O–H groups in total. The first-order chi connectivity index (χ1) is 13.1. The normalized spacial score (nSPS) is 18.0. The Morgan fingerprint density at radius 2 is 1.78 bits per heavy atom. The Labute approximate surface area is 161 Å². The molecule has 4 rings (SSSR count). The van der Waals surface area contributed by atoms with E-state index in [9.17, 15) is 14.4 Å². The summed E-state index contributed by atoms with van der Waals surface area (Å²) in [7, 11) is 0. The number of rotatable bonds is 4. The van der Waals surface area contributed by atoms with Gasteiger partial charge in [0.15, 0.2) is 0 Å². The number of thiophene rings is 1. The van der Waals surface area contributed by atoms with Crippen LogP contribution in [0.3, 0.4) is 0 Å².